The van der Waals surface area contributed by atoms with Crippen molar-refractivity contribution in [2.75, 3.05) is 20.2 Å². The van der Waals surface area contributed by atoms with E-state index in [0.29, 0.717) is 0 Å². The van der Waals surface area contributed by atoms with Gasteiger partial charge in [-0.3, -0.25) is 0 Å². The second-order valence-electron chi connectivity index (χ2n) is 4.52. The van der Waals surface area contributed by atoms with Gasteiger partial charge in [-0.05, 0) is 49.5 Å². The zero-order valence-electron chi connectivity index (χ0n) is 11.3. The highest BCUT2D eigenvalue weighted by Crippen LogP contribution is 2.17. The van der Waals surface area contributed by atoms with Gasteiger partial charge in [0.05, 0.1) is 7.11 Å². The molecule has 0 aliphatic carbocycles. The van der Waals surface area contributed by atoms with Crippen molar-refractivity contribution >= 4 is 11.9 Å². The zero-order chi connectivity index (χ0) is 15.0. The third-order valence-electron chi connectivity index (χ3n) is 3.03. The number of aliphatic carboxylic acids is 2. The number of carbonyl (C=O) groups is 2. The Morgan fingerprint density at radius 2 is 1.85 bits per heavy atom. The van der Waals surface area contributed by atoms with Crippen molar-refractivity contribution in [1.29, 1.82) is 0 Å². The fourth-order valence-corrected chi connectivity index (χ4v) is 1.98. The van der Waals surface area contributed by atoms with Crippen LogP contribution in [-0.4, -0.2) is 42.4 Å². The average molecular weight is 281 g/mol. The molecule has 2 rings (SSSR count). The molecule has 1 atom stereocenters. The molecular formula is C14H19NO5. The summed E-state index contributed by atoms with van der Waals surface area (Å²) in [4.78, 5) is 18.2. The molecule has 1 unspecified atom stereocenters. The Hall–Kier alpha value is -2.08. The number of carboxylic acids is 2. The Labute approximate surface area is 117 Å². The van der Waals surface area contributed by atoms with E-state index in [4.69, 9.17) is 24.5 Å². The number of methoxy groups -OCH3 is 1. The normalized spacial score (nSPS) is 16.9. The molecule has 1 aromatic carbocycles. The summed E-state index contributed by atoms with van der Waals surface area (Å²) in [5.41, 5.74) is 1.42. The van der Waals surface area contributed by atoms with Crippen LogP contribution in [0.3, 0.4) is 0 Å². The van der Waals surface area contributed by atoms with E-state index in [2.05, 4.69) is 17.4 Å². The molecule has 0 spiro atoms. The van der Waals surface area contributed by atoms with Crippen molar-refractivity contribution < 1.29 is 24.5 Å². The van der Waals surface area contributed by atoms with Gasteiger partial charge in [0.1, 0.15) is 5.75 Å². The number of nitrogens with one attached hydrogen (secondary N) is 1. The van der Waals surface area contributed by atoms with Gasteiger partial charge in [-0.2, -0.15) is 0 Å². The summed E-state index contributed by atoms with van der Waals surface area (Å²) in [5, 5.41) is 18.2. The summed E-state index contributed by atoms with van der Waals surface area (Å²) in [7, 11) is 1.70. The van der Waals surface area contributed by atoms with Gasteiger partial charge in [0.15, 0.2) is 0 Å². The van der Waals surface area contributed by atoms with Crippen molar-refractivity contribution in [2.24, 2.45) is 5.92 Å². The summed E-state index contributed by atoms with van der Waals surface area (Å²) in [6.07, 6.45) is 2.50. The zero-order valence-corrected chi connectivity index (χ0v) is 11.3. The molecule has 1 fully saturated rings. The lowest BCUT2D eigenvalue weighted by molar-refractivity contribution is -0.159. The first-order valence-corrected chi connectivity index (χ1v) is 6.32. The van der Waals surface area contributed by atoms with Crippen molar-refractivity contribution in [2.45, 2.75) is 12.8 Å². The van der Waals surface area contributed by atoms with Crippen molar-refractivity contribution in [1.82, 2.24) is 5.32 Å². The number of hydrogen-bond donors (Lipinski definition) is 3. The fraction of sp³-hybridized carbons (Fsp3) is 0.429. The lowest BCUT2D eigenvalue weighted by Crippen LogP contribution is -2.10. The third-order valence-corrected chi connectivity index (χ3v) is 3.03. The standard InChI is InChI=1S/C12H17NO.C2H2O4/c1-14-12-4-2-10(3-5-12)8-11-6-7-13-9-11;3-1(4)2(5)6/h2-5,11,13H,6-9H2,1H3;(H,3,4)(H,5,6). The molecule has 1 aliphatic heterocycles. The number of rotatable bonds is 3. The summed E-state index contributed by atoms with van der Waals surface area (Å²) < 4.78 is 5.13. The number of hydrogen-bond acceptors (Lipinski definition) is 4. The lowest BCUT2D eigenvalue weighted by atomic mass is 9.99. The maximum absolute atomic E-state index is 9.10. The Balaban J connectivity index is 0.000000286. The second kappa shape index (κ2) is 8.16. The van der Waals surface area contributed by atoms with Gasteiger partial charge < -0.3 is 20.3 Å². The van der Waals surface area contributed by atoms with Crippen LogP contribution in [-0.2, 0) is 16.0 Å². The van der Waals surface area contributed by atoms with Gasteiger partial charge in [-0.15, -0.1) is 0 Å². The monoisotopic (exact) mass is 281 g/mol. The summed E-state index contributed by atoms with van der Waals surface area (Å²) in [6.45, 7) is 2.35. The molecule has 20 heavy (non-hydrogen) atoms. The molecule has 0 saturated carbocycles. The molecule has 1 aromatic rings. The van der Waals surface area contributed by atoms with Gasteiger partial charge >= 0.3 is 11.9 Å². The van der Waals surface area contributed by atoms with E-state index in [1.165, 1.54) is 31.5 Å². The van der Waals surface area contributed by atoms with E-state index in [1.54, 1.807) is 7.11 Å². The smallest absolute Gasteiger partial charge is 0.414 e. The van der Waals surface area contributed by atoms with Crippen LogP contribution in [0.2, 0.25) is 0 Å². The molecule has 0 radical (unpaired) electrons. The van der Waals surface area contributed by atoms with E-state index in [9.17, 15) is 0 Å². The fourth-order valence-electron chi connectivity index (χ4n) is 1.98. The first kappa shape index (κ1) is 16.0. The van der Waals surface area contributed by atoms with Gasteiger partial charge in [-0.1, -0.05) is 12.1 Å². The Morgan fingerprint density at radius 1 is 1.25 bits per heavy atom. The van der Waals surface area contributed by atoms with Gasteiger partial charge in [0.25, 0.3) is 0 Å². The van der Waals surface area contributed by atoms with E-state index in [0.717, 1.165) is 11.7 Å². The van der Waals surface area contributed by atoms with Crippen LogP contribution in [0.25, 0.3) is 0 Å². The lowest BCUT2D eigenvalue weighted by Gasteiger charge is -2.08. The van der Waals surface area contributed by atoms with Gasteiger partial charge in [0, 0.05) is 0 Å². The first-order valence-electron chi connectivity index (χ1n) is 6.32. The Bertz CT molecular complexity index is 425. The highest BCUT2D eigenvalue weighted by atomic mass is 16.5. The summed E-state index contributed by atoms with van der Waals surface area (Å²) in [6, 6.07) is 8.41. The molecule has 6 nitrogen and oxygen atoms in total. The molecule has 1 aliphatic rings. The Morgan fingerprint density at radius 3 is 2.25 bits per heavy atom. The second-order valence-corrected chi connectivity index (χ2v) is 4.52. The van der Waals surface area contributed by atoms with E-state index in [1.807, 2.05) is 12.1 Å². The van der Waals surface area contributed by atoms with Gasteiger partial charge in [0.2, 0.25) is 0 Å². The molecular weight excluding hydrogens is 262 g/mol. The van der Waals surface area contributed by atoms with Crippen molar-refractivity contribution in [3.8, 4) is 5.75 Å². The van der Waals surface area contributed by atoms with Crippen LogP contribution in [0, 0.1) is 5.92 Å². The SMILES string of the molecule is COc1ccc(CC2CCNC2)cc1.O=C(O)C(=O)O. The number of benzene rings is 1. The molecule has 1 saturated heterocycles. The highest BCUT2D eigenvalue weighted by Gasteiger charge is 2.14. The van der Waals surface area contributed by atoms with Crippen molar-refractivity contribution in [3.05, 3.63) is 29.8 Å². The molecule has 3 N–H and O–H groups in total. The Kier molecular flexibility index (Phi) is 6.52. The molecule has 6 heteroatoms. The van der Waals surface area contributed by atoms with E-state index >= 15 is 0 Å². The van der Waals surface area contributed by atoms with Crippen LogP contribution < -0.4 is 10.1 Å². The van der Waals surface area contributed by atoms with E-state index < -0.39 is 11.9 Å². The molecule has 0 aromatic heterocycles. The van der Waals surface area contributed by atoms with Crippen LogP contribution in [0.5, 0.6) is 5.75 Å². The predicted molar refractivity (Wildman–Crippen MR) is 72.9 cm³/mol. The van der Waals surface area contributed by atoms with Crippen LogP contribution in [0.15, 0.2) is 24.3 Å². The van der Waals surface area contributed by atoms with Gasteiger partial charge in [-0.25, -0.2) is 9.59 Å². The number of carboxylic acid groups (broad SMARTS) is 2. The quantitative estimate of drug-likeness (QED) is 0.715. The minimum atomic E-state index is -1.82. The van der Waals surface area contributed by atoms with Crippen LogP contribution >= 0.6 is 0 Å². The van der Waals surface area contributed by atoms with Crippen LogP contribution in [0.4, 0.5) is 0 Å². The van der Waals surface area contributed by atoms with E-state index in [-0.39, 0.29) is 0 Å². The van der Waals surface area contributed by atoms with Crippen molar-refractivity contribution in [3.63, 3.8) is 0 Å². The first-order chi connectivity index (χ1) is 9.52. The topological polar surface area (TPSA) is 95.9 Å². The molecule has 1 heterocycles. The number of ether oxygens (including phenoxy) is 1. The minimum Gasteiger partial charge on any atom is -0.497 e. The maximum Gasteiger partial charge on any atom is 0.414 e. The molecule has 0 bridgehead atoms. The largest absolute Gasteiger partial charge is 0.497 e. The molecule has 110 valence electrons. The minimum absolute atomic E-state index is 0.823. The maximum atomic E-state index is 9.10. The predicted octanol–water partition coefficient (Wildman–Crippen LogP) is 1.00. The highest BCUT2D eigenvalue weighted by molar-refractivity contribution is 6.27. The average Bonchev–Trinajstić information content (AvgIpc) is 2.93. The summed E-state index contributed by atoms with van der Waals surface area (Å²) >= 11 is 0. The molecule has 0 amide bonds. The third kappa shape index (κ3) is 5.71. The van der Waals surface area contributed by atoms with Crippen LogP contribution in [0.1, 0.15) is 12.0 Å². The summed E-state index contributed by atoms with van der Waals surface area (Å²) in [5.74, 6) is -1.88.